The van der Waals surface area contributed by atoms with E-state index in [4.69, 9.17) is 4.42 Å². The normalized spacial score (nSPS) is 14.7. The van der Waals surface area contributed by atoms with Gasteiger partial charge in [0.2, 0.25) is 5.89 Å². The molecule has 0 unspecified atom stereocenters. The standard InChI is InChI=1S/C23H19N3O4S/c1-14-18(24-21(30-14)16-6-4-3-5-7-16)13-26(2)22(28)17-10-8-15(9-11-17)12-19-20(27)25-23(29)31-19/h3-12H,13H2,1-2H3,(H,25,27,29). The van der Waals surface area contributed by atoms with Crippen molar-refractivity contribution in [3.8, 4) is 11.5 Å². The van der Waals surface area contributed by atoms with Crippen molar-refractivity contribution < 1.29 is 18.8 Å². The summed E-state index contributed by atoms with van der Waals surface area (Å²) in [7, 11) is 1.71. The van der Waals surface area contributed by atoms with Gasteiger partial charge >= 0.3 is 0 Å². The van der Waals surface area contributed by atoms with E-state index in [-0.39, 0.29) is 11.1 Å². The van der Waals surface area contributed by atoms with E-state index in [2.05, 4.69) is 10.3 Å². The zero-order chi connectivity index (χ0) is 22.0. The number of benzene rings is 2. The smallest absolute Gasteiger partial charge is 0.290 e. The highest BCUT2D eigenvalue weighted by molar-refractivity contribution is 8.18. The number of oxazole rings is 1. The van der Waals surface area contributed by atoms with Crippen LogP contribution >= 0.6 is 11.8 Å². The van der Waals surface area contributed by atoms with Gasteiger partial charge in [-0.1, -0.05) is 30.3 Å². The number of aromatic nitrogens is 1. The van der Waals surface area contributed by atoms with E-state index in [9.17, 15) is 14.4 Å². The molecular formula is C23H19N3O4S. The second-order valence-corrected chi connectivity index (χ2v) is 8.04. The van der Waals surface area contributed by atoms with Crippen LogP contribution in [0.3, 0.4) is 0 Å². The zero-order valence-corrected chi connectivity index (χ0v) is 17.7. The third-order valence-corrected chi connectivity index (χ3v) is 5.56. The van der Waals surface area contributed by atoms with E-state index in [1.807, 2.05) is 37.3 Å². The van der Waals surface area contributed by atoms with Crippen molar-refractivity contribution >= 4 is 34.9 Å². The maximum absolute atomic E-state index is 12.8. The molecule has 156 valence electrons. The summed E-state index contributed by atoms with van der Waals surface area (Å²) in [4.78, 5) is 42.2. The average Bonchev–Trinajstić information content (AvgIpc) is 3.29. The quantitative estimate of drug-likeness (QED) is 0.605. The molecule has 1 saturated heterocycles. The van der Waals surface area contributed by atoms with E-state index in [1.165, 1.54) is 0 Å². The van der Waals surface area contributed by atoms with Gasteiger partial charge in [-0.3, -0.25) is 19.7 Å². The maximum atomic E-state index is 12.8. The molecule has 2 heterocycles. The molecular weight excluding hydrogens is 414 g/mol. The van der Waals surface area contributed by atoms with Crippen LogP contribution in [-0.2, 0) is 11.3 Å². The van der Waals surface area contributed by atoms with E-state index >= 15 is 0 Å². The fourth-order valence-electron chi connectivity index (χ4n) is 3.09. The number of thioether (sulfide) groups is 1. The molecule has 0 radical (unpaired) electrons. The highest BCUT2D eigenvalue weighted by atomic mass is 32.2. The van der Waals surface area contributed by atoms with E-state index in [0.717, 1.165) is 22.9 Å². The highest BCUT2D eigenvalue weighted by Crippen LogP contribution is 2.26. The SMILES string of the molecule is Cc1oc(-c2ccccc2)nc1CN(C)C(=O)c1ccc(C=C2SC(=O)NC2=O)cc1. The van der Waals surface area contributed by atoms with Crippen LogP contribution in [0.1, 0.15) is 27.4 Å². The van der Waals surface area contributed by atoms with Crippen molar-refractivity contribution in [2.24, 2.45) is 0 Å². The number of carbonyl (C=O) groups excluding carboxylic acids is 3. The van der Waals surface area contributed by atoms with Crippen molar-refractivity contribution in [2.75, 3.05) is 7.05 Å². The van der Waals surface area contributed by atoms with E-state index < -0.39 is 5.91 Å². The fraction of sp³-hybridized carbons (Fsp3) is 0.130. The molecule has 7 nitrogen and oxygen atoms in total. The second kappa shape index (κ2) is 8.61. The van der Waals surface area contributed by atoms with Crippen LogP contribution in [0.25, 0.3) is 17.5 Å². The van der Waals surface area contributed by atoms with Crippen molar-refractivity contribution in [3.63, 3.8) is 0 Å². The summed E-state index contributed by atoms with van der Waals surface area (Å²) in [6.45, 7) is 2.14. The Morgan fingerprint density at radius 1 is 1.13 bits per heavy atom. The number of nitrogens with one attached hydrogen (secondary N) is 1. The van der Waals surface area contributed by atoms with Gasteiger partial charge in [-0.15, -0.1) is 0 Å². The first kappa shape index (κ1) is 20.6. The minimum Gasteiger partial charge on any atom is -0.441 e. The van der Waals surface area contributed by atoms with Gasteiger partial charge in [0.1, 0.15) is 11.5 Å². The number of aryl methyl sites for hydroxylation is 1. The van der Waals surface area contributed by atoms with Crippen LogP contribution in [0, 0.1) is 6.92 Å². The van der Waals surface area contributed by atoms with Crippen LogP contribution in [0.15, 0.2) is 63.9 Å². The first-order chi connectivity index (χ1) is 14.9. The van der Waals surface area contributed by atoms with Crippen LogP contribution in [0.4, 0.5) is 4.79 Å². The molecule has 1 N–H and O–H groups in total. The van der Waals surface area contributed by atoms with Crippen LogP contribution in [-0.4, -0.2) is 34.0 Å². The number of hydrogen-bond acceptors (Lipinski definition) is 6. The molecule has 1 aromatic heterocycles. The fourth-order valence-corrected chi connectivity index (χ4v) is 3.77. The topological polar surface area (TPSA) is 92.5 Å². The Morgan fingerprint density at radius 3 is 2.48 bits per heavy atom. The predicted molar refractivity (Wildman–Crippen MR) is 118 cm³/mol. The molecule has 0 aliphatic carbocycles. The van der Waals surface area contributed by atoms with Crippen LogP contribution < -0.4 is 5.32 Å². The van der Waals surface area contributed by atoms with Crippen molar-refractivity contribution in [1.29, 1.82) is 0 Å². The molecule has 0 atom stereocenters. The molecule has 1 fully saturated rings. The van der Waals surface area contributed by atoms with Gasteiger partial charge in [0.05, 0.1) is 11.4 Å². The molecule has 31 heavy (non-hydrogen) atoms. The molecule has 3 aromatic rings. The molecule has 0 saturated carbocycles. The summed E-state index contributed by atoms with van der Waals surface area (Å²) in [5.41, 5.74) is 2.82. The minimum absolute atomic E-state index is 0.161. The molecule has 0 spiro atoms. The molecule has 2 aromatic carbocycles. The van der Waals surface area contributed by atoms with Gasteiger partial charge in [-0.25, -0.2) is 4.98 Å². The molecule has 4 rings (SSSR count). The number of hydrogen-bond donors (Lipinski definition) is 1. The summed E-state index contributed by atoms with van der Waals surface area (Å²) in [5.74, 6) is 0.625. The number of rotatable bonds is 5. The average molecular weight is 433 g/mol. The van der Waals surface area contributed by atoms with Crippen molar-refractivity contribution in [3.05, 3.63) is 82.1 Å². The van der Waals surface area contributed by atoms with Crippen LogP contribution in [0.5, 0.6) is 0 Å². The summed E-state index contributed by atoms with van der Waals surface area (Å²) < 4.78 is 5.77. The van der Waals surface area contributed by atoms with Gasteiger partial charge in [0, 0.05) is 18.2 Å². The van der Waals surface area contributed by atoms with Gasteiger partial charge in [-0.2, -0.15) is 0 Å². The largest absolute Gasteiger partial charge is 0.441 e. The second-order valence-electron chi connectivity index (χ2n) is 7.02. The third-order valence-electron chi connectivity index (χ3n) is 4.74. The third kappa shape index (κ3) is 4.59. The lowest BCUT2D eigenvalue weighted by molar-refractivity contribution is -0.115. The summed E-state index contributed by atoms with van der Waals surface area (Å²) in [6, 6.07) is 16.5. The Balaban J connectivity index is 1.45. The van der Waals surface area contributed by atoms with Gasteiger partial charge in [0.25, 0.3) is 17.1 Å². The van der Waals surface area contributed by atoms with E-state index in [1.54, 1.807) is 42.3 Å². The number of imide groups is 1. The van der Waals surface area contributed by atoms with Crippen LogP contribution in [0.2, 0.25) is 0 Å². The number of carbonyl (C=O) groups is 3. The Labute approximate surface area is 183 Å². The highest BCUT2D eigenvalue weighted by Gasteiger charge is 2.25. The molecule has 1 aliphatic heterocycles. The predicted octanol–water partition coefficient (Wildman–Crippen LogP) is 4.25. The van der Waals surface area contributed by atoms with Crippen molar-refractivity contribution in [1.82, 2.24) is 15.2 Å². The first-order valence-corrected chi connectivity index (χ1v) is 10.3. The Morgan fingerprint density at radius 2 is 1.84 bits per heavy atom. The van der Waals surface area contributed by atoms with Crippen molar-refractivity contribution in [2.45, 2.75) is 13.5 Å². The lowest BCUT2D eigenvalue weighted by Gasteiger charge is -2.16. The van der Waals surface area contributed by atoms with E-state index in [0.29, 0.717) is 34.4 Å². The number of nitrogens with zero attached hydrogens (tertiary/aromatic N) is 2. The monoisotopic (exact) mass is 433 g/mol. The Kier molecular flexibility index (Phi) is 5.73. The van der Waals surface area contributed by atoms with Gasteiger partial charge < -0.3 is 9.32 Å². The van der Waals surface area contributed by atoms with Gasteiger partial charge in [-0.05, 0) is 54.6 Å². The molecule has 1 aliphatic rings. The molecule has 3 amide bonds. The van der Waals surface area contributed by atoms with Gasteiger partial charge in [0.15, 0.2) is 0 Å². The number of amides is 3. The first-order valence-electron chi connectivity index (χ1n) is 9.53. The molecule has 0 bridgehead atoms. The lowest BCUT2D eigenvalue weighted by Crippen LogP contribution is -2.26. The minimum atomic E-state index is -0.409. The summed E-state index contributed by atoms with van der Waals surface area (Å²) >= 11 is 0.857. The lowest BCUT2D eigenvalue weighted by atomic mass is 10.1. The summed E-state index contributed by atoms with van der Waals surface area (Å²) in [6.07, 6.45) is 1.62. The Bertz CT molecular complexity index is 1180. The molecule has 8 heteroatoms. The summed E-state index contributed by atoms with van der Waals surface area (Å²) in [5, 5.41) is 1.83. The maximum Gasteiger partial charge on any atom is 0.290 e. The Hall–Kier alpha value is -3.65. The zero-order valence-electron chi connectivity index (χ0n) is 16.9.